The second kappa shape index (κ2) is 3.00. The van der Waals surface area contributed by atoms with E-state index in [1.54, 1.807) is 4.72 Å². The van der Waals surface area contributed by atoms with Gasteiger partial charge in [0.15, 0.2) is 0 Å². The molecule has 6 heteroatoms. The van der Waals surface area contributed by atoms with Crippen molar-refractivity contribution in [3.63, 3.8) is 0 Å². The lowest BCUT2D eigenvalue weighted by atomic mass is 11.5. The molecule has 0 rings (SSSR count). The minimum absolute atomic E-state index is 0.819. The number of amides is 1. The molecule has 0 aromatic carbocycles. The molecule has 0 radical (unpaired) electrons. The summed E-state index contributed by atoms with van der Waals surface area (Å²) in [6.07, 6.45) is 0. The van der Waals surface area contributed by atoms with Gasteiger partial charge in [-0.05, 0) is 0 Å². The fourth-order valence-corrected chi connectivity index (χ4v) is 0.458. The van der Waals surface area contributed by atoms with Crippen LogP contribution in [0, 0.1) is 0 Å². The second-order valence-corrected chi connectivity index (χ2v) is 1.76. The van der Waals surface area contributed by atoms with E-state index in [0.29, 0.717) is 0 Å². The van der Waals surface area contributed by atoms with Crippen molar-refractivity contribution in [2.45, 2.75) is 0 Å². The summed E-state index contributed by atoms with van der Waals surface area (Å²) in [4.78, 5) is 9.65. The van der Waals surface area contributed by atoms with Crippen molar-refractivity contribution in [2.75, 3.05) is 0 Å². The number of hydrogen-bond donors (Lipinski definition) is 3. The molecule has 0 aromatic heterocycles. The minimum atomic E-state index is -2.27. The molecule has 42 valence electrons. The summed E-state index contributed by atoms with van der Waals surface area (Å²) in [7, 11) is 0. The standard InChI is InChI=1S/CH3NO3S2/c3-1(6)2-7(4)5/h(H,4,5)(H2,2,3,6). The van der Waals surface area contributed by atoms with E-state index in [-0.39, 0.29) is 0 Å². The number of rotatable bonds is 1. The van der Waals surface area contributed by atoms with E-state index in [9.17, 15) is 9.00 Å². The molecule has 1 amide bonds. The van der Waals surface area contributed by atoms with Crippen LogP contribution < -0.4 is 4.72 Å². The molecule has 7 heavy (non-hydrogen) atoms. The number of thiol groups is 1. The number of hydrogen-bond acceptors (Lipinski definition) is 2. The molecule has 0 bridgehead atoms. The Bertz CT molecular complexity index is 89.1. The first-order valence-corrected chi connectivity index (χ1v) is 2.79. The fraction of sp³-hybridized carbons (Fsp3) is 0. The lowest BCUT2D eigenvalue weighted by Crippen LogP contribution is -2.17. The van der Waals surface area contributed by atoms with Crippen LogP contribution in [0.15, 0.2) is 0 Å². The Balaban J connectivity index is 3.32. The molecular formula is CH3NO3S2. The summed E-state index contributed by atoms with van der Waals surface area (Å²) in [5.41, 5.74) is 0. The van der Waals surface area contributed by atoms with Gasteiger partial charge in [0.2, 0.25) is 0 Å². The summed E-state index contributed by atoms with van der Waals surface area (Å²) in [6.45, 7) is 0. The van der Waals surface area contributed by atoms with Crippen LogP contribution in [0.3, 0.4) is 0 Å². The lowest BCUT2D eigenvalue weighted by Gasteiger charge is -1.86. The van der Waals surface area contributed by atoms with Crippen LogP contribution in [-0.4, -0.2) is 14.0 Å². The first-order chi connectivity index (χ1) is 3.13. The summed E-state index contributed by atoms with van der Waals surface area (Å²) >= 11 is 0.863. The van der Waals surface area contributed by atoms with Crippen LogP contribution in [0.25, 0.3) is 0 Å². The van der Waals surface area contributed by atoms with Gasteiger partial charge < -0.3 is 0 Å². The summed E-state index contributed by atoms with van der Waals surface area (Å²) in [6, 6.07) is 0. The zero-order valence-corrected chi connectivity index (χ0v) is 4.83. The smallest absolute Gasteiger partial charge is 0.289 e. The quantitative estimate of drug-likeness (QED) is 0.349. The van der Waals surface area contributed by atoms with Gasteiger partial charge in [0.25, 0.3) is 16.5 Å². The van der Waals surface area contributed by atoms with Crippen molar-refractivity contribution in [2.24, 2.45) is 0 Å². The lowest BCUT2D eigenvalue weighted by molar-refractivity contribution is 0.265. The van der Waals surface area contributed by atoms with E-state index in [1.165, 1.54) is 0 Å². The van der Waals surface area contributed by atoms with Crippen LogP contribution in [0.1, 0.15) is 0 Å². The first kappa shape index (κ1) is 6.93. The Kier molecular flexibility index (Phi) is 2.97. The molecule has 0 fully saturated rings. The maximum absolute atomic E-state index is 9.65. The molecule has 0 aliphatic rings. The molecule has 0 aliphatic carbocycles. The average molecular weight is 141 g/mol. The monoisotopic (exact) mass is 141 g/mol. The molecule has 2 N–H and O–H groups in total. The van der Waals surface area contributed by atoms with Crippen molar-refractivity contribution < 1.29 is 13.6 Å². The van der Waals surface area contributed by atoms with Crippen molar-refractivity contribution in [1.29, 1.82) is 0 Å². The summed E-state index contributed by atoms with van der Waals surface area (Å²) < 4.78 is 18.9. The number of nitrogens with one attached hydrogen (secondary N) is 1. The fourth-order valence-electron chi connectivity index (χ4n) is 0.0747. The third-order valence-corrected chi connectivity index (χ3v) is 0.798. The average Bonchev–Trinajstić information content (AvgIpc) is 1.27. The van der Waals surface area contributed by atoms with Gasteiger partial charge in [0.1, 0.15) is 0 Å². The molecule has 0 aromatic rings. The zero-order chi connectivity index (χ0) is 5.86. The predicted octanol–water partition coefficient (Wildman–Crippen LogP) is -0.238. The van der Waals surface area contributed by atoms with E-state index in [4.69, 9.17) is 4.55 Å². The van der Waals surface area contributed by atoms with E-state index in [2.05, 4.69) is 12.6 Å². The molecule has 0 aliphatic heterocycles. The van der Waals surface area contributed by atoms with Gasteiger partial charge in [-0.25, -0.2) is 8.93 Å². The highest BCUT2D eigenvalue weighted by Gasteiger charge is 1.92. The highest BCUT2D eigenvalue weighted by molar-refractivity contribution is 7.98. The number of carbonyl (C=O) groups is 1. The Labute approximate surface area is 48.1 Å². The Morgan fingerprint density at radius 1 is 1.86 bits per heavy atom. The van der Waals surface area contributed by atoms with E-state index in [0.717, 1.165) is 0 Å². The maximum atomic E-state index is 9.65. The largest absolute Gasteiger partial charge is 0.289 e. The van der Waals surface area contributed by atoms with Gasteiger partial charge in [0, 0.05) is 0 Å². The maximum Gasteiger partial charge on any atom is 0.289 e. The second-order valence-electron chi connectivity index (χ2n) is 0.656. The SMILES string of the molecule is O=C(S)NS(=O)O. The van der Waals surface area contributed by atoms with Gasteiger partial charge in [-0.2, -0.15) is 0 Å². The Morgan fingerprint density at radius 2 is 2.29 bits per heavy atom. The van der Waals surface area contributed by atoms with Crippen LogP contribution >= 0.6 is 12.6 Å². The van der Waals surface area contributed by atoms with Crippen molar-refractivity contribution in [3.05, 3.63) is 0 Å². The van der Waals surface area contributed by atoms with Gasteiger partial charge in [-0.1, -0.05) is 12.6 Å². The molecule has 1 atom stereocenters. The zero-order valence-electron chi connectivity index (χ0n) is 3.12. The van der Waals surface area contributed by atoms with E-state index >= 15 is 0 Å². The van der Waals surface area contributed by atoms with Crippen molar-refractivity contribution >= 4 is 29.1 Å². The van der Waals surface area contributed by atoms with Crippen LogP contribution in [0.5, 0.6) is 0 Å². The summed E-state index contributed by atoms with van der Waals surface area (Å²) in [5.74, 6) is 0. The van der Waals surface area contributed by atoms with Crippen molar-refractivity contribution in [3.8, 4) is 0 Å². The first-order valence-electron chi connectivity index (χ1n) is 1.23. The Morgan fingerprint density at radius 3 is 2.29 bits per heavy atom. The highest BCUT2D eigenvalue weighted by atomic mass is 32.2. The van der Waals surface area contributed by atoms with Crippen molar-refractivity contribution in [1.82, 2.24) is 4.72 Å². The minimum Gasteiger partial charge on any atom is -0.289 e. The molecule has 0 saturated heterocycles. The molecule has 0 spiro atoms. The van der Waals surface area contributed by atoms with E-state index in [1.807, 2.05) is 0 Å². The molecule has 4 nitrogen and oxygen atoms in total. The normalized spacial score (nSPS) is 12.9. The van der Waals surface area contributed by atoms with Crippen LogP contribution in [0.2, 0.25) is 0 Å². The van der Waals surface area contributed by atoms with Gasteiger partial charge >= 0.3 is 0 Å². The molecular weight excluding hydrogens is 138 g/mol. The molecule has 0 heterocycles. The summed E-state index contributed by atoms with van der Waals surface area (Å²) in [5, 5.41) is -0.819. The van der Waals surface area contributed by atoms with Gasteiger partial charge in [-0.3, -0.25) is 9.35 Å². The topological polar surface area (TPSA) is 66.4 Å². The van der Waals surface area contributed by atoms with Gasteiger partial charge in [-0.15, -0.1) is 0 Å². The van der Waals surface area contributed by atoms with E-state index < -0.39 is 16.5 Å². The molecule has 1 unspecified atom stereocenters. The van der Waals surface area contributed by atoms with Gasteiger partial charge in [0.05, 0.1) is 0 Å². The Hall–Kier alpha value is -0.0700. The third kappa shape index (κ3) is 5.93. The molecule has 0 saturated carbocycles. The third-order valence-electron chi connectivity index (χ3n) is 0.175. The van der Waals surface area contributed by atoms with Crippen LogP contribution in [-0.2, 0) is 11.3 Å². The highest BCUT2D eigenvalue weighted by Crippen LogP contribution is 1.74. The predicted molar refractivity (Wildman–Crippen MR) is 28.3 cm³/mol. The van der Waals surface area contributed by atoms with Crippen LogP contribution in [0.4, 0.5) is 4.79 Å². The number of carbonyl (C=O) groups excluding carboxylic acids is 1.